The average molecular weight is 263 g/mol. The van der Waals surface area contributed by atoms with Crippen molar-refractivity contribution in [3.05, 3.63) is 24.3 Å². The average Bonchev–Trinajstić information content (AvgIpc) is 2.80. The Morgan fingerprint density at radius 1 is 1.53 bits per heavy atom. The molecule has 1 heterocycles. The number of hydrogen-bond acceptors (Lipinski definition) is 3. The van der Waals surface area contributed by atoms with Gasteiger partial charge in [0.05, 0.1) is 0 Å². The lowest BCUT2D eigenvalue weighted by Crippen LogP contribution is -2.39. The van der Waals surface area contributed by atoms with Crippen LogP contribution in [0.5, 0.6) is 0 Å². The highest BCUT2D eigenvalue weighted by Crippen LogP contribution is 2.24. The molecule has 1 aromatic rings. The molecule has 1 aliphatic carbocycles. The fraction of sp³-hybridized carbons (Fsp3) is 0.571. The van der Waals surface area contributed by atoms with E-state index < -0.39 is 5.60 Å². The van der Waals surface area contributed by atoms with E-state index in [9.17, 15) is 4.79 Å². The summed E-state index contributed by atoms with van der Waals surface area (Å²) in [6.45, 7) is 5.59. The van der Waals surface area contributed by atoms with Gasteiger partial charge in [-0.2, -0.15) is 0 Å². The third kappa shape index (κ3) is 4.12. The molecular formula is C14H21N3O2. The summed E-state index contributed by atoms with van der Waals surface area (Å²) in [5.41, 5.74) is 0.765. The number of aromatic nitrogens is 2. The Hall–Kier alpha value is -1.78. The Labute approximate surface area is 113 Å². The number of amides is 1. The number of allylic oxidation sites excluding steroid dienone is 1. The second-order valence-corrected chi connectivity index (χ2v) is 5.78. The van der Waals surface area contributed by atoms with Crippen molar-refractivity contribution in [3.8, 4) is 0 Å². The lowest BCUT2D eigenvalue weighted by atomic mass is 9.95. The zero-order chi connectivity index (χ0) is 13.9. The van der Waals surface area contributed by atoms with Crippen LogP contribution in [0.4, 0.5) is 4.79 Å². The molecule has 0 aromatic carbocycles. The molecule has 1 aliphatic rings. The van der Waals surface area contributed by atoms with Gasteiger partial charge in [-0.05, 0) is 45.6 Å². The van der Waals surface area contributed by atoms with Crippen LogP contribution in [-0.4, -0.2) is 27.7 Å². The van der Waals surface area contributed by atoms with Gasteiger partial charge in [-0.15, -0.1) is 0 Å². The van der Waals surface area contributed by atoms with Gasteiger partial charge < -0.3 is 15.0 Å². The minimum absolute atomic E-state index is 0.147. The predicted molar refractivity (Wildman–Crippen MR) is 73.6 cm³/mol. The van der Waals surface area contributed by atoms with E-state index in [2.05, 4.69) is 21.4 Å². The summed E-state index contributed by atoms with van der Waals surface area (Å²) in [5, 5.41) is 2.90. The van der Waals surface area contributed by atoms with Crippen LogP contribution < -0.4 is 5.32 Å². The first-order chi connectivity index (χ1) is 8.94. The number of rotatable bonds is 2. The molecule has 0 fully saturated rings. The molecule has 0 saturated carbocycles. The Kier molecular flexibility index (Phi) is 3.93. The molecule has 1 aromatic heterocycles. The molecule has 0 bridgehead atoms. The van der Waals surface area contributed by atoms with Gasteiger partial charge in [0.15, 0.2) is 0 Å². The zero-order valence-corrected chi connectivity index (χ0v) is 11.7. The number of alkyl carbamates (subject to hydrolysis) is 1. The smallest absolute Gasteiger partial charge is 0.407 e. The topological polar surface area (TPSA) is 67.0 Å². The Bertz CT molecular complexity index is 458. The van der Waals surface area contributed by atoms with E-state index in [-0.39, 0.29) is 12.1 Å². The van der Waals surface area contributed by atoms with Crippen molar-refractivity contribution in [2.75, 3.05) is 0 Å². The number of aromatic amines is 1. The first-order valence-corrected chi connectivity index (χ1v) is 6.62. The first kappa shape index (κ1) is 13.6. The molecule has 0 spiro atoms. The highest BCUT2D eigenvalue weighted by Gasteiger charge is 2.21. The Morgan fingerprint density at radius 2 is 2.32 bits per heavy atom. The molecule has 104 valence electrons. The quantitative estimate of drug-likeness (QED) is 0.862. The minimum Gasteiger partial charge on any atom is -0.444 e. The maximum atomic E-state index is 11.7. The summed E-state index contributed by atoms with van der Waals surface area (Å²) in [7, 11) is 0. The minimum atomic E-state index is -0.450. The molecule has 2 N–H and O–H groups in total. The van der Waals surface area contributed by atoms with Gasteiger partial charge >= 0.3 is 6.09 Å². The monoisotopic (exact) mass is 263 g/mol. The second kappa shape index (κ2) is 5.47. The third-order valence-corrected chi connectivity index (χ3v) is 2.93. The van der Waals surface area contributed by atoms with Crippen molar-refractivity contribution in [1.82, 2.24) is 15.3 Å². The van der Waals surface area contributed by atoms with Gasteiger partial charge in [0, 0.05) is 18.4 Å². The van der Waals surface area contributed by atoms with E-state index >= 15 is 0 Å². The molecule has 5 nitrogen and oxygen atoms in total. The zero-order valence-electron chi connectivity index (χ0n) is 11.7. The van der Waals surface area contributed by atoms with Gasteiger partial charge in [-0.3, -0.25) is 0 Å². The van der Waals surface area contributed by atoms with E-state index in [1.807, 2.05) is 27.0 Å². The summed E-state index contributed by atoms with van der Waals surface area (Å²) < 4.78 is 5.25. The number of hydrogen-bond donors (Lipinski definition) is 2. The van der Waals surface area contributed by atoms with Gasteiger partial charge in [0.1, 0.15) is 11.4 Å². The van der Waals surface area contributed by atoms with Crippen molar-refractivity contribution in [2.24, 2.45) is 0 Å². The van der Waals surface area contributed by atoms with Crippen molar-refractivity contribution in [2.45, 2.75) is 51.7 Å². The van der Waals surface area contributed by atoms with Crippen LogP contribution in [0.2, 0.25) is 0 Å². The summed E-state index contributed by atoms with van der Waals surface area (Å²) in [6, 6.07) is 0.147. The number of carbonyl (C=O) groups excluding carboxylic acids is 1. The highest BCUT2D eigenvalue weighted by molar-refractivity contribution is 5.68. The molecule has 1 atom stereocenters. The molecule has 0 radical (unpaired) electrons. The van der Waals surface area contributed by atoms with Crippen LogP contribution in [0.25, 0.3) is 5.57 Å². The number of carbonyl (C=O) groups is 1. The van der Waals surface area contributed by atoms with Crippen LogP contribution in [0.1, 0.15) is 45.9 Å². The lowest BCUT2D eigenvalue weighted by molar-refractivity contribution is 0.0502. The summed E-state index contributed by atoms with van der Waals surface area (Å²) in [4.78, 5) is 19.0. The fourth-order valence-corrected chi connectivity index (χ4v) is 2.10. The normalized spacial score (nSPS) is 19.7. The molecule has 5 heteroatoms. The van der Waals surface area contributed by atoms with E-state index in [1.165, 1.54) is 5.57 Å². The van der Waals surface area contributed by atoms with E-state index in [1.54, 1.807) is 6.20 Å². The van der Waals surface area contributed by atoms with Crippen LogP contribution in [0, 0.1) is 0 Å². The number of H-pyrrole nitrogens is 1. The van der Waals surface area contributed by atoms with E-state index in [4.69, 9.17) is 4.74 Å². The van der Waals surface area contributed by atoms with Gasteiger partial charge in [0.2, 0.25) is 0 Å². The maximum absolute atomic E-state index is 11.7. The number of ether oxygens (including phenoxy) is 1. The van der Waals surface area contributed by atoms with Crippen LogP contribution in [-0.2, 0) is 4.74 Å². The largest absolute Gasteiger partial charge is 0.444 e. The predicted octanol–water partition coefficient (Wildman–Crippen LogP) is 2.87. The van der Waals surface area contributed by atoms with Crippen molar-refractivity contribution in [3.63, 3.8) is 0 Å². The van der Waals surface area contributed by atoms with Crippen LogP contribution in [0.15, 0.2) is 18.5 Å². The molecule has 1 amide bonds. The third-order valence-electron chi connectivity index (χ3n) is 2.93. The fourth-order valence-electron chi connectivity index (χ4n) is 2.10. The van der Waals surface area contributed by atoms with Gasteiger partial charge in [-0.25, -0.2) is 9.78 Å². The summed E-state index contributed by atoms with van der Waals surface area (Å²) in [5.74, 6) is 0.927. The molecule has 0 aliphatic heterocycles. The van der Waals surface area contributed by atoms with E-state index in [0.29, 0.717) is 0 Å². The standard InChI is InChI=1S/C14H21N3O2/c1-14(2,3)19-13(18)17-11-6-4-10(5-7-11)12-15-8-9-16-12/h4,8-9,11H,5-7H2,1-3H3,(H,15,16)(H,17,18). The second-order valence-electron chi connectivity index (χ2n) is 5.78. The lowest BCUT2D eigenvalue weighted by Gasteiger charge is -2.25. The number of imidazole rings is 1. The Morgan fingerprint density at radius 3 is 2.84 bits per heavy atom. The maximum Gasteiger partial charge on any atom is 0.407 e. The highest BCUT2D eigenvalue weighted by atomic mass is 16.6. The SMILES string of the molecule is CC(C)(C)OC(=O)NC1CC=C(c2ncc[nH]2)CC1. The van der Waals surface area contributed by atoms with Crippen molar-refractivity contribution >= 4 is 11.7 Å². The molecule has 19 heavy (non-hydrogen) atoms. The summed E-state index contributed by atoms with van der Waals surface area (Å²) >= 11 is 0. The van der Waals surface area contributed by atoms with E-state index in [0.717, 1.165) is 25.1 Å². The first-order valence-electron chi connectivity index (χ1n) is 6.62. The van der Waals surface area contributed by atoms with Gasteiger partial charge in [0.25, 0.3) is 0 Å². The molecule has 2 rings (SSSR count). The van der Waals surface area contributed by atoms with Crippen LogP contribution in [0.3, 0.4) is 0 Å². The Balaban J connectivity index is 1.85. The van der Waals surface area contributed by atoms with Crippen LogP contribution >= 0.6 is 0 Å². The number of nitrogens with zero attached hydrogens (tertiary/aromatic N) is 1. The van der Waals surface area contributed by atoms with Crippen molar-refractivity contribution in [1.29, 1.82) is 0 Å². The summed E-state index contributed by atoms with van der Waals surface area (Å²) in [6.07, 6.45) is 7.99. The molecule has 1 unspecified atom stereocenters. The van der Waals surface area contributed by atoms with Crippen molar-refractivity contribution < 1.29 is 9.53 Å². The number of nitrogens with one attached hydrogen (secondary N) is 2. The molecule has 0 saturated heterocycles. The molecular weight excluding hydrogens is 242 g/mol. The van der Waals surface area contributed by atoms with Gasteiger partial charge in [-0.1, -0.05) is 6.08 Å².